The first-order valence-electron chi connectivity index (χ1n) is 7.69. The van der Waals surface area contributed by atoms with Gasteiger partial charge in [-0.25, -0.2) is 4.79 Å². The summed E-state index contributed by atoms with van der Waals surface area (Å²) in [5.41, 5.74) is 2.64. The van der Waals surface area contributed by atoms with E-state index in [-0.39, 0.29) is 6.61 Å². The van der Waals surface area contributed by atoms with Gasteiger partial charge < -0.3 is 10.1 Å². The number of alkyl carbamates (subject to hydrolysis) is 1. The number of nitrogens with zero attached hydrogens (tertiary/aromatic N) is 1. The Hall–Kier alpha value is -3.26. The van der Waals surface area contributed by atoms with Crippen LogP contribution in [0.2, 0.25) is 0 Å². The largest absolute Gasteiger partial charge is 0.445 e. The lowest BCUT2D eigenvalue weighted by molar-refractivity contribution is 0.140. The van der Waals surface area contributed by atoms with Gasteiger partial charge in [-0.05, 0) is 23.6 Å². The van der Waals surface area contributed by atoms with Crippen LogP contribution in [0.4, 0.5) is 4.79 Å². The van der Waals surface area contributed by atoms with Gasteiger partial charge in [0.2, 0.25) is 0 Å². The number of benzene rings is 2. The van der Waals surface area contributed by atoms with Crippen LogP contribution in [0.5, 0.6) is 0 Å². The zero-order chi connectivity index (χ0) is 16.6. The number of H-pyrrole nitrogens is 1. The Balaban J connectivity index is 1.42. The molecule has 0 atom stereocenters. The number of aromatic amines is 1. The molecule has 0 radical (unpaired) electrons. The van der Waals surface area contributed by atoms with Gasteiger partial charge in [0.15, 0.2) is 0 Å². The lowest BCUT2D eigenvalue weighted by atomic mass is 10.2. The van der Waals surface area contributed by atoms with Gasteiger partial charge in [0.1, 0.15) is 12.3 Å². The van der Waals surface area contributed by atoms with Crippen LogP contribution in [0.1, 0.15) is 17.7 Å². The molecule has 0 spiro atoms. The smallest absolute Gasteiger partial charge is 0.407 e. The lowest BCUT2D eigenvalue weighted by Crippen LogP contribution is -2.24. The highest BCUT2D eigenvalue weighted by molar-refractivity contribution is 5.83. The summed E-state index contributed by atoms with van der Waals surface area (Å²) in [7, 11) is 0. The molecule has 0 aliphatic heterocycles. The molecule has 2 N–H and O–H groups in total. The van der Waals surface area contributed by atoms with Crippen molar-refractivity contribution in [3.8, 4) is 11.8 Å². The molecule has 3 rings (SSSR count). The molecule has 1 aromatic heterocycles. The Morgan fingerprint density at radius 1 is 1.12 bits per heavy atom. The van der Waals surface area contributed by atoms with Crippen LogP contribution in [-0.4, -0.2) is 22.8 Å². The van der Waals surface area contributed by atoms with Crippen LogP contribution in [0.25, 0.3) is 10.9 Å². The third-order valence-electron chi connectivity index (χ3n) is 3.41. The van der Waals surface area contributed by atoms with Gasteiger partial charge >= 0.3 is 6.09 Å². The van der Waals surface area contributed by atoms with Crippen LogP contribution in [-0.2, 0) is 11.3 Å². The second kappa shape index (κ2) is 7.84. The predicted octanol–water partition coefficient (Wildman–Crippen LogP) is 3.23. The Morgan fingerprint density at radius 3 is 2.79 bits per heavy atom. The third kappa shape index (κ3) is 4.14. The molecule has 2 aromatic carbocycles. The molecule has 5 nitrogen and oxygen atoms in total. The van der Waals surface area contributed by atoms with E-state index in [0.29, 0.717) is 13.0 Å². The summed E-state index contributed by atoms with van der Waals surface area (Å²) in [6.45, 7) is 0.700. The topological polar surface area (TPSA) is 67.0 Å². The Kier molecular flexibility index (Phi) is 5.10. The average Bonchev–Trinajstić information content (AvgIpc) is 3.04. The minimum atomic E-state index is -0.437. The number of fused-ring (bicyclic) bond motifs is 1. The van der Waals surface area contributed by atoms with Gasteiger partial charge in [0, 0.05) is 18.4 Å². The fraction of sp³-hybridized carbons (Fsp3) is 0.158. The molecule has 120 valence electrons. The van der Waals surface area contributed by atoms with Crippen molar-refractivity contribution in [3.05, 3.63) is 65.9 Å². The lowest BCUT2D eigenvalue weighted by Gasteiger charge is -2.05. The van der Waals surface area contributed by atoms with E-state index in [1.807, 2.05) is 54.6 Å². The SMILES string of the molecule is O=C(NCCC#Cc1[nH]nc2ccccc12)OCc1ccccc1. The fourth-order valence-electron chi connectivity index (χ4n) is 2.21. The maximum Gasteiger partial charge on any atom is 0.407 e. The molecule has 0 aliphatic carbocycles. The molecule has 0 bridgehead atoms. The maximum absolute atomic E-state index is 11.6. The van der Waals surface area contributed by atoms with E-state index in [0.717, 1.165) is 22.2 Å². The van der Waals surface area contributed by atoms with Crippen LogP contribution in [0.3, 0.4) is 0 Å². The summed E-state index contributed by atoms with van der Waals surface area (Å²) in [5, 5.41) is 10.8. The quantitative estimate of drug-likeness (QED) is 0.573. The van der Waals surface area contributed by atoms with E-state index >= 15 is 0 Å². The van der Waals surface area contributed by atoms with Crippen molar-refractivity contribution in [3.63, 3.8) is 0 Å². The third-order valence-corrected chi connectivity index (χ3v) is 3.41. The van der Waals surface area contributed by atoms with Crippen LogP contribution in [0, 0.1) is 11.8 Å². The number of rotatable bonds is 4. The van der Waals surface area contributed by atoms with Crippen molar-refractivity contribution in [2.24, 2.45) is 0 Å². The van der Waals surface area contributed by atoms with Gasteiger partial charge in [-0.1, -0.05) is 48.4 Å². The zero-order valence-electron chi connectivity index (χ0n) is 13.1. The molecule has 3 aromatic rings. The van der Waals surface area contributed by atoms with Gasteiger partial charge in [-0.2, -0.15) is 5.10 Å². The second-order valence-corrected chi connectivity index (χ2v) is 5.16. The normalized spacial score (nSPS) is 10.0. The van der Waals surface area contributed by atoms with E-state index in [1.165, 1.54) is 0 Å². The summed E-state index contributed by atoms with van der Waals surface area (Å²) in [6.07, 6.45) is 0.0981. The molecule has 24 heavy (non-hydrogen) atoms. The summed E-state index contributed by atoms with van der Waals surface area (Å²) in [6, 6.07) is 17.4. The molecule has 1 heterocycles. The van der Waals surface area contributed by atoms with E-state index in [1.54, 1.807) is 0 Å². The van der Waals surface area contributed by atoms with Crippen molar-refractivity contribution in [2.45, 2.75) is 13.0 Å². The summed E-state index contributed by atoms with van der Waals surface area (Å²) >= 11 is 0. The van der Waals surface area contributed by atoms with Crippen molar-refractivity contribution in [2.75, 3.05) is 6.54 Å². The van der Waals surface area contributed by atoms with E-state index in [9.17, 15) is 4.79 Å². The average molecular weight is 319 g/mol. The Morgan fingerprint density at radius 2 is 1.92 bits per heavy atom. The highest BCUT2D eigenvalue weighted by atomic mass is 16.5. The number of amides is 1. The Labute approximate surface area is 140 Å². The Bertz CT molecular complexity index is 876. The number of hydrogen-bond donors (Lipinski definition) is 2. The standard InChI is InChI=1S/C19H17N3O2/c23-19(24-14-15-8-2-1-3-9-15)20-13-7-6-12-18-16-10-4-5-11-17(16)21-22-18/h1-5,8-11H,7,13-14H2,(H,20,23)(H,21,22). The molecule has 0 saturated carbocycles. The first-order chi connectivity index (χ1) is 11.8. The molecule has 1 amide bonds. The number of aromatic nitrogens is 2. The van der Waals surface area contributed by atoms with Gasteiger partial charge in [0.25, 0.3) is 0 Å². The first kappa shape index (κ1) is 15.6. The zero-order valence-corrected chi connectivity index (χ0v) is 13.1. The number of ether oxygens (including phenoxy) is 1. The van der Waals surface area contributed by atoms with Crippen molar-refractivity contribution < 1.29 is 9.53 Å². The number of para-hydroxylation sites is 1. The van der Waals surface area contributed by atoms with Crippen LogP contribution < -0.4 is 5.32 Å². The molecular weight excluding hydrogens is 302 g/mol. The van der Waals surface area contributed by atoms with E-state index in [4.69, 9.17) is 4.74 Å². The molecule has 0 saturated heterocycles. The second-order valence-electron chi connectivity index (χ2n) is 5.16. The number of hydrogen-bond acceptors (Lipinski definition) is 3. The van der Waals surface area contributed by atoms with Crippen LogP contribution in [0.15, 0.2) is 54.6 Å². The highest BCUT2D eigenvalue weighted by Crippen LogP contribution is 2.13. The van der Waals surface area contributed by atoms with Gasteiger partial charge in [-0.15, -0.1) is 0 Å². The maximum atomic E-state index is 11.6. The van der Waals surface area contributed by atoms with Crippen molar-refractivity contribution in [1.29, 1.82) is 0 Å². The van der Waals surface area contributed by atoms with Crippen molar-refractivity contribution >= 4 is 17.0 Å². The highest BCUT2D eigenvalue weighted by Gasteiger charge is 2.02. The number of carbonyl (C=O) groups excluding carboxylic acids is 1. The molecular formula is C19H17N3O2. The molecule has 0 fully saturated rings. The number of nitrogens with one attached hydrogen (secondary N) is 2. The van der Waals surface area contributed by atoms with Gasteiger partial charge in [-0.3, -0.25) is 5.10 Å². The fourth-order valence-corrected chi connectivity index (χ4v) is 2.21. The summed E-state index contributed by atoms with van der Waals surface area (Å²) in [4.78, 5) is 11.6. The summed E-state index contributed by atoms with van der Waals surface area (Å²) in [5.74, 6) is 6.06. The minimum absolute atomic E-state index is 0.262. The molecule has 0 aliphatic rings. The van der Waals surface area contributed by atoms with Gasteiger partial charge in [0.05, 0.1) is 5.52 Å². The number of carbonyl (C=O) groups is 1. The molecule has 0 unspecified atom stereocenters. The van der Waals surface area contributed by atoms with Crippen LogP contribution >= 0.6 is 0 Å². The van der Waals surface area contributed by atoms with Crippen molar-refractivity contribution in [1.82, 2.24) is 15.5 Å². The van der Waals surface area contributed by atoms with E-state index in [2.05, 4.69) is 27.4 Å². The minimum Gasteiger partial charge on any atom is -0.445 e. The first-order valence-corrected chi connectivity index (χ1v) is 7.69. The predicted molar refractivity (Wildman–Crippen MR) is 92.2 cm³/mol. The van der Waals surface area contributed by atoms with E-state index < -0.39 is 6.09 Å². The summed E-state index contributed by atoms with van der Waals surface area (Å²) < 4.78 is 5.12. The monoisotopic (exact) mass is 319 g/mol. The molecule has 5 heteroatoms.